The zero-order chi connectivity index (χ0) is 11.4. The Hall–Kier alpha value is -1.13. The maximum atomic E-state index is 4.33. The van der Waals surface area contributed by atoms with Gasteiger partial charge in [-0.2, -0.15) is 16.4 Å². The van der Waals surface area contributed by atoms with Crippen molar-refractivity contribution >= 4 is 11.3 Å². The van der Waals surface area contributed by atoms with E-state index in [0.717, 1.165) is 18.8 Å². The van der Waals surface area contributed by atoms with Crippen LogP contribution in [0.3, 0.4) is 0 Å². The third-order valence-electron chi connectivity index (χ3n) is 2.64. The van der Waals surface area contributed by atoms with Crippen LogP contribution >= 0.6 is 11.3 Å². The molecule has 2 rings (SSSR count). The zero-order valence-electron chi connectivity index (χ0n) is 9.68. The molecule has 0 bridgehead atoms. The maximum absolute atomic E-state index is 4.33. The Morgan fingerprint density at radius 2 is 2.38 bits per heavy atom. The van der Waals surface area contributed by atoms with E-state index in [-0.39, 0.29) is 0 Å². The van der Waals surface area contributed by atoms with Gasteiger partial charge in [-0.1, -0.05) is 6.92 Å². The molecule has 0 aliphatic heterocycles. The van der Waals surface area contributed by atoms with Crippen molar-refractivity contribution in [3.8, 4) is 0 Å². The number of nitrogens with zero attached hydrogens (tertiary/aromatic N) is 2. The summed E-state index contributed by atoms with van der Waals surface area (Å²) in [6, 6.07) is 4.24. The first kappa shape index (κ1) is 11.4. The average Bonchev–Trinajstić information content (AvgIpc) is 2.89. The highest BCUT2D eigenvalue weighted by Crippen LogP contribution is 2.17. The van der Waals surface area contributed by atoms with Crippen molar-refractivity contribution in [1.29, 1.82) is 0 Å². The molecule has 4 heteroatoms. The summed E-state index contributed by atoms with van der Waals surface area (Å²) in [5.41, 5.74) is 2.51. The van der Waals surface area contributed by atoms with E-state index in [4.69, 9.17) is 0 Å². The van der Waals surface area contributed by atoms with Crippen molar-refractivity contribution in [2.75, 3.05) is 6.54 Å². The van der Waals surface area contributed by atoms with Gasteiger partial charge in [0.2, 0.25) is 0 Å². The van der Waals surface area contributed by atoms with Crippen LogP contribution in [0.25, 0.3) is 0 Å². The lowest BCUT2D eigenvalue weighted by Gasteiger charge is -2.10. The van der Waals surface area contributed by atoms with E-state index in [2.05, 4.69) is 34.2 Å². The Morgan fingerprint density at radius 3 is 3.00 bits per heavy atom. The summed E-state index contributed by atoms with van der Waals surface area (Å²) in [6.07, 6.45) is 1.97. The molecule has 0 aliphatic carbocycles. The number of aryl methyl sites for hydroxylation is 1. The summed E-state index contributed by atoms with van der Waals surface area (Å²) in [4.78, 5) is 0. The number of thiophene rings is 1. The molecular weight excluding hydrogens is 218 g/mol. The summed E-state index contributed by atoms with van der Waals surface area (Å²) >= 11 is 1.76. The summed E-state index contributed by atoms with van der Waals surface area (Å²) in [6.45, 7) is 4.08. The van der Waals surface area contributed by atoms with Crippen molar-refractivity contribution in [3.63, 3.8) is 0 Å². The third kappa shape index (κ3) is 2.93. The van der Waals surface area contributed by atoms with Crippen LogP contribution < -0.4 is 5.32 Å². The van der Waals surface area contributed by atoms with Gasteiger partial charge in [0.1, 0.15) is 0 Å². The van der Waals surface area contributed by atoms with Gasteiger partial charge < -0.3 is 5.32 Å². The summed E-state index contributed by atoms with van der Waals surface area (Å²) in [5.74, 6) is 0.565. The van der Waals surface area contributed by atoms with Crippen LogP contribution in [-0.4, -0.2) is 16.3 Å². The van der Waals surface area contributed by atoms with Crippen molar-refractivity contribution in [1.82, 2.24) is 15.1 Å². The first-order chi connectivity index (χ1) is 7.75. The van der Waals surface area contributed by atoms with Crippen molar-refractivity contribution < 1.29 is 0 Å². The van der Waals surface area contributed by atoms with E-state index in [1.165, 1.54) is 5.56 Å². The Balaban J connectivity index is 1.76. The molecule has 16 heavy (non-hydrogen) atoms. The molecule has 0 saturated carbocycles. The lowest BCUT2D eigenvalue weighted by molar-refractivity contribution is 0.601. The van der Waals surface area contributed by atoms with E-state index in [1.807, 2.05) is 24.0 Å². The zero-order valence-corrected chi connectivity index (χ0v) is 10.5. The first-order valence-electron chi connectivity index (χ1n) is 5.47. The fourth-order valence-corrected chi connectivity index (χ4v) is 2.43. The van der Waals surface area contributed by atoms with Gasteiger partial charge in [0.25, 0.3) is 0 Å². The lowest BCUT2D eigenvalue weighted by atomic mass is 10.1. The van der Waals surface area contributed by atoms with Gasteiger partial charge >= 0.3 is 0 Å². The molecule has 3 nitrogen and oxygen atoms in total. The fourth-order valence-electron chi connectivity index (χ4n) is 1.65. The molecule has 0 spiro atoms. The van der Waals surface area contributed by atoms with Crippen LogP contribution in [0.4, 0.5) is 0 Å². The van der Waals surface area contributed by atoms with E-state index in [9.17, 15) is 0 Å². The van der Waals surface area contributed by atoms with Crippen molar-refractivity contribution in [3.05, 3.63) is 40.3 Å². The average molecular weight is 235 g/mol. The highest BCUT2D eigenvalue weighted by Gasteiger charge is 2.05. The Labute approximate surface area is 100 Å². The molecule has 1 unspecified atom stereocenters. The normalized spacial score (nSPS) is 12.9. The molecule has 0 aliphatic rings. The molecule has 0 radical (unpaired) electrons. The van der Waals surface area contributed by atoms with Crippen LogP contribution in [0.5, 0.6) is 0 Å². The third-order valence-corrected chi connectivity index (χ3v) is 3.34. The second-order valence-corrected chi connectivity index (χ2v) is 4.85. The van der Waals surface area contributed by atoms with E-state index < -0.39 is 0 Å². The summed E-state index contributed by atoms with van der Waals surface area (Å²) in [5, 5.41) is 12.1. The van der Waals surface area contributed by atoms with Gasteiger partial charge in [-0.15, -0.1) is 0 Å². The summed E-state index contributed by atoms with van der Waals surface area (Å²) < 4.78 is 1.83. The van der Waals surface area contributed by atoms with Gasteiger partial charge in [0, 0.05) is 26.3 Å². The molecule has 2 heterocycles. The first-order valence-corrected chi connectivity index (χ1v) is 6.41. The Morgan fingerprint density at radius 1 is 1.50 bits per heavy atom. The van der Waals surface area contributed by atoms with E-state index in [1.54, 1.807) is 11.3 Å². The Kier molecular flexibility index (Phi) is 3.74. The number of hydrogen-bond acceptors (Lipinski definition) is 3. The van der Waals surface area contributed by atoms with Crippen molar-refractivity contribution in [2.45, 2.75) is 19.4 Å². The second-order valence-electron chi connectivity index (χ2n) is 4.07. The molecule has 86 valence electrons. The fraction of sp³-hybridized carbons (Fsp3) is 0.417. The number of rotatable bonds is 5. The van der Waals surface area contributed by atoms with Gasteiger partial charge in [-0.3, -0.25) is 4.68 Å². The van der Waals surface area contributed by atoms with Gasteiger partial charge in [0.05, 0.1) is 5.69 Å². The van der Waals surface area contributed by atoms with Gasteiger partial charge in [-0.05, 0) is 34.4 Å². The predicted molar refractivity (Wildman–Crippen MR) is 67.6 cm³/mol. The molecule has 0 aromatic carbocycles. The van der Waals surface area contributed by atoms with Crippen LogP contribution in [0, 0.1) is 0 Å². The minimum atomic E-state index is 0.565. The number of aromatic nitrogens is 2. The van der Waals surface area contributed by atoms with Crippen LogP contribution in [0.2, 0.25) is 0 Å². The highest BCUT2D eigenvalue weighted by molar-refractivity contribution is 7.07. The smallest absolute Gasteiger partial charge is 0.0762 e. The highest BCUT2D eigenvalue weighted by atomic mass is 32.1. The van der Waals surface area contributed by atoms with Gasteiger partial charge in [0.15, 0.2) is 0 Å². The van der Waals surface area contributed by atoms with Gasteiger partial charge in [-0.25, -0.2) is 0 Å². The molecule has 0 saturated heterocycles. The van der Waals surface area contributed by atoms with Crippen LogP contribution in [0.1, 0.15) is 24.1 Å². The molecule has 2 aromatic heterocycles. The molecule has 1 N–H and O–H groups in total. The number of nitrogens with one attached hydrogen (secondary N) is 1. The molecule has 2 aromatic rings. The molecule has 0 fully saturated rings. The monoisotopic (exact) mass is 235 g/mol. The van der Waals surface area contributed by atoms with Crippen LogP contribution in [-0.2, 0) is 13.6 Å². The quantitative estimate of drug-likeness (QED) is 0.862. The van der Waals surface area contributed by atoms with Crippen molar-refractivity contribution in [2.24, 2.45) is 7.05 Å². The SMILES string of the molecule is CC(CNCc1ccn(C)n1)c1ccsc1. The van der Waals surface area contributed by atoms with E-state index >= 15 is 0 Å². The molecular formula is C12H17N3S. The molecule has 0 amide bonds. The lowest BCUT2D eigenvalue weighted by Crippen LogP contribution is -2.19. The minimum absolute atomic E-state index is 0.565. The van der Waals surface area contributed by atoms with E-state index in [0.29, 0.717) is 5.92 Å². The Bertz CT molecular complexity index is 419. The maximum Gasteiger partial charge on any atom is 0.0762 e. The predicted octanol–water partition coefficient (Wildman–Crippen LogP) is 2.37. The number of hydrogen-bond donors (Lipinski definition) is 1. The summed E-state index contributed by atoms with van der Waals surface area (Å²) in [7, 11) is 1.94. The largest absolute Gasteiger partial charge is 0.311 e. The van der Waals surface area contributed by atoms with Crippen LogP contribution in [0.15, 0.2) is 29.1 Å². The standard InChI is InChI=1S/C12H17N3S/c1-10(11-4-6-16-9-11)7-13-8-12-3-5-15(2)14-12/h3-6,9-10,13H,7-8H2,1-2H3. The topological polar surface area (TPSA) is 29.9 Å². The minimum Gasteiger partial charge on any atom is -0.311 e. The second kappa shape index (κ2) is 5.27. The molecule has 1 atom stereocenters.